The highest BCUT2D eigenvalue weighted by Gasteiger charge is 2.32. The Morgan fingerprint density at radius 3 is 2.10 bits per heavy atom. The van der Waals surface area contributed by atoms with Crippen LogP contribution in [0.2, 0.25) is 0 Å². The molecule has 1 rings (SSSR count). The standard InChI is InChI=1S/C15H20N2O8.CH2O3/c1-8(13(19)20)16-25-12(14(21)24-15(2,3)4)10-7-9(17(22)23)5-6-11(10)18;2-1(3)4/h5-8,12,16,18H,1-4H3,(H,19,20);(H2,2,3,4)/t8-,12?;/m0./s1. The molecule has 0 aromatic heterocycles. The van der Waals surface area contributed by atoms with Crippen LogP contribution in [0.15, 0.2) is 18.2 Å². The van der Waals surface area contributed by atoms with E-state index in [1.54, 1.807) is 20.8 Å². The summed E-state index contributed by atoms with van der Waals surface area (Å²) in [5.74, 6) is -2.63. The molecule has 0 heterocycles. The summed E-state index contributed by atoms with van der Waals surface area (Å²) in [7, 11) is 0. The Hall–Kier alpha value is -3.45. The van der Waals surface area contributed by atoms with E-state index >= 15 is 0 Å². The van der Waals surface area contributed by atoms with E-state index in [9.17, 15) is 24.8 Å². The highest BCUT2D eigenvalue weighted by Crippen LogP contribution is 2.32. The number of nitro benzene ring substituents is 1. The average molecular weight is 418 g/mol. The van der Waals surface area contributed by atoms with Gasteiger partial charge in [0, 0.05) is 17.7 Å². The second-order valence-electron chi connectivity index (χ2n) is 6.49. The Morgan fingerprint density at radius 1 is 1.17 bits per heavy atom. The summed E-state index contributed by atoms with van der Waals surface area (Å²) in [5.41, 5.74) is 0.640. The van der Waals surface area contributed by atoms with Gasteiger partial charge in [-0.1, -0.05) is 0 Å². The number of carbonyl (C=O) groups excluding carboxylic acids is 1. The molecular weight excluding hydrogens is 396 g/mol. The number of carboxylic acid groups (broad SMARTS) is 3. The minimum atomic E-state index is -1.83. The number of non-ortho nitro benzene ring substituents is 1. The van der Waals surface area contributed by atoms with Crippen molar-refractivity contribution in [2.75, 3.05) is 0 Å². The van der Waals surface area contributed by atoms with Crippen LogP contribution in [0, 0.1) is 10.1 Å². The summed E-state index contributed by atoms with van der Waals surface area (Å²) in [5, 5.41) is 43.7. The minimum absolute atomic E-state index is 0.228. The van der Waals surface area contributed by atoms with E-state index in [4.69, 9.17) is 29.7 Å². The van der Waals surface area contributed by atoms with Gasteiger partial charge in [-0.25, -0.2) is 9.59 Å². The van der Waals surface area contributed by atoms with E-state index in [2.05, 4.69) is 5.48 Å². The largest absolute Gasteiger partial charge is 0.508 e. The number of carbonyl (C=O) groups is 3. The smallest absolute Gasteiger partial charge is 0.503 e. The molecule has 1 unspecified atom stereocenters. The molecule has 0 amide bonds. The van der Waals surface area contributed by atoms with E-state index in [0.717, 1.165) is 18.2 Å². The maximum absolute atomic E-state index is 12.4. The van der Waals surface area contributed by atoms with E-state index in [0.29, 0.717) is 0 Å². The SMILES string of the molecule is C[C@H](NOC(C(=O)OC(C)(C)C)c1cc([N+](=O)[O-])ccc1O)C(=O)O.O=C(O)O. The number of aliphatic carboxylic acids is 1. The lowest BCUT2D eigenvalue weighted by Gasteiger charge is -2.25. The van der Waals surface area contributed by atoms with Crippen molar-refractivity contribution >= 4 is 23.8 Å². The van der Waals surface area contributed by atoms with Crippen molar-refractivity contribution in [2.45, 2.75) is 45.4 Å². The maximum atomic E-state index is 12.4. The number of aromatic hydroxyl groups is 1. The van der Waals surface area contributed by atoms with E-state index in [1.807, 2.05) is 0 Å². The van der Waals surface area contributed by atoms with Crippen LogP contribution >= 0.6 is 0 Å². The molecule has 0 saturated carbocycles. The van der Waals surface area contributed by atoms with Crippen LogP contribution in [0.25, 0.3) is 0 Å². The summed E-state index contributed by atoms with van der Waals surface area (Å²) in [6.45, 7) is 6.06. The highest BCUT2D eigenvalue weighted by molar-refractivity contribution is 5.78. The average Bonchev–Trinajstić information content (AvgIpc) is 2.53. The topological polar surface area (TPSA) is 206 Å². The number of carboxylic acids is 1. The first-order valence-electron chi connectivity index (χ1n) is 7.91. The predicted molar refractivity (Wildman–Crippen MR) is 95.3 cm³/mol. The number of nitrogens with zero attached hydrogens (tertiary/aromatic N) is 1. The molecule has 2 atom stereocenters. The lowest BCUT2D eigenvalue weighted by molar-refractivity contribution is -0.385. The first-order valence-corrected chi connectivity index (χ1v) is 7.91. The summed E-state index contributed by atoms with van der Waals surface area (Å²) in [6, 6.07) is 1.87. The van der Waals surface area contributed by atoms with Crippen LogP contribution in [0.5, 0.6) is 5.75 Å². The number of phenolic OH excluding ortho intramolecular Hbond substituents is 1. The zero-order valence-electron chi connectivity index (χ0n) is 16.0. The van der Waals surface area contributed by atoms with Crippen molar-refractivity contribution in [1.82, 2.24) is 5.48 Å². The van der Waals surface area contributed by atoms with E-state index in [-0.39, 0.29) is 11.3 Å². The highest BCUT2D eigenvalue weighted by atomic mass is 16.7. The Labute approximate surface area is 164 Å². The van der Waals surface area contributed by atoms with Gasteiger partial charge < -0.3 is 25.2 Å². The molecule has 1 aromatic carbocycles. The molecule has 29 heavy (non-hydrogen) atoms. The van der Waals surface area contributed by atoms with Gasteiger partial charge in [-0.3, -0.25) is 19.7 Å². The number of nitrogens with one attached hydrogen (secondary N) is 1. The summed E-state index contributed by atoms with van der Waals surface area (Å²) < 4.78 is 5.17. The third-order valence-electron chi connectivity index (χ3n) is 2.86. The van der Waals surface area contributed by atoms with Crippen LogP contribution in [-0.4, -0.2) is 55.1 Å². The van der Waals surface area contributed by atoms with Crippen LogP contribution in [0.4, 0.5) is 10.5 Å². The normalized spacial score (nSPS) is 12.7. The third kappa shape index (κ3) is 9.88. The number of benzene rings is 1. The van der Waals surface area contributed by atoms with Gasteiger partial charge in [-0.15, -0.1) is 0 Å². The zero-order valence-corrected chi connectivity index (χ0v) is 16.0. The van der Waals surface area contributed by atoms with Gasteiger partial charge in [0.05, 0.1) is 4.92 Å². The molecule has 162 valence electrons. The lowest BCUT2D eigenvalue weighted by Crippen LogP contribution is -2.38. The van der Waals surface area contributed by atoms with Gasteiger partial charge in [-0.2, -0.15) is 5.48 Å². The molecule has 0 saturated heterocycles. The molecule has 0 aliphatic heterocycles. The number of rotatable bonds is 7. The molecule has 13 nitrogen and oxygen atoms in total. The van der Waals surface area contributed by atoms with Crippen molar-refractivity contribution < 1.29 is 49.3 Å². The van der Waals surface area contributed by atoms with E-state index in [1.165, 1.54) is 6.92 Å². The first-order chi connectivity index (χ1) is 13.2. The minimum Gasteiger partial charge on any atom is -0.508 e. The van der Waals surface area contributed by atoms with Gasteiger partial charge in [0.1, 0.15) is 17.4 Å². The van der Waals surface area contributed by atoms with Crippen molar-refractivity contribution in [2.24, 2.45) is 0 Å². The van der Waals surface area contributed by atoms with Crippen LogP contribution in [0.3, 0.4) is 0 Å². The van der Waals surface area contributed by atoms with Gasteiger partial charge in [0.15, 0.2) is 0 Å². The third-order valence-corrected chi connectivity index (χ3v) is 2.86. The van der Waals surface area contributed by atoms with Crippen molar-refractivity contribution in [3.05, 3.63) is 33.9 Å². The number of hydroxylamine groups is 1. The summed E-state index contributed by atoms with van der Waals surface area (Å²) in [6.07, 6.45) is -3.44. The Balaban J connectivity index is 0.00000178. The number of nitro groups is 1. The Kier molecular flexibility index (Phi) is 9.49. The van der Waals surface area contributed by atoms with Gasteiger partial charge >= 0.3 is 18.1 Å². The molecule has 13 heteroatoms. The quantitative estimate of drug-likeness (QED) is 0.244. The Bertz CT molecular complexity index is 754. The monoisotopic (exact) mass is 418 g/mol. The molecule has 0 aliphatic carbocycles. The van der Waals surface area contributed by atoms with Crippen LogP contribution in [0.1, 0.15) is 39.4 Å². The van der Waals surface area contributed by atoms with Crippen molar-refractivity contribution in [3.63, 3.8) is 0 Å². The van der Waals surface area contributed by atoms with Gasteiger partial charge in [-0.05, 0) is 33.8 Å². The number of hydrogen-bond acceptors (Lipinski definition) is 9. The molecule has 0 spiro atoms. The fourth-order valence-corrected chi connectivity index (χ4v) is 1.68. The zero-order chi connectivity index (χ0) is 22.9. The molecule has 0 bridgehead atoms. The van der Waals surface area contributed by atoms with E-state index < -0.39 is 46.5 Å². The van der Waals surface area contributed by atoms with Crippen LogP contribution in [-0.2, 0) is 19.2 Å². The number of phenols is 1. The number of hydrogen-bond donors (Lipinski definition) is 5. The first kappa shape index (κ1) is 25.6. The molecule has 0 radical (unpaired) electrons. The fourth-order valence-electron chi connectivity index (χ4n) is 1.68. The van der Waals surface area contributed by atoms with Crippen LogP contribution < -0.4 is 5.48 Å². The fraction of sp³-hybridized carbons (Fsp3) is 0.438. The second-order valence-corrected chi connectivity index (χ2v) is 6.49. The lowest BCUT2D eigenvalue weighted by atomic mass is 10.1. The second kappa shape index (κ2) is 10.8. The summed E-state index contributed by atoms with van der Waals surface area (Å²) in [4.78, 5) is 47.1. The van der Waals surface area contributed by atoms with Crippen molar-refractivity contribution in [1.29, 1.82) is 0 Å². The van der Waals surface area contributed by atoms with Crippen molar-refractivity contribution in [3.8, 4) is 5.75 Å². The molecule has 0 fully saturated rings. The van der Waals surface area contributed by atoms with Gasteiger partial charge in [0.25, 0.3) is 5.69 Å². The molecule has 0 aliphatic rings. The summed E-state index contributed by atoms with van der Waals surface area (Å²) >= 11 is 0. The number of esters is 1. The molecule has 1 aromatic rings. The molecular formula is C16H22N2O11. The molecule has 5 N–H and O–H groups in total. The number of ether oxygens (including phenoxy) is 1. The predicted octanol–water partition coefficient (Wildman–Crippen LogP) is 1.90. The maximum Gasteiger partial charge on any atom is 0.503 e. The van der Waals surface area contributed by atoms with Gasteiger partial charge in [0.2, 0.25) is 6.10 Å². The Morgan fingerprint density at radius 2 is 1.69 bits per heavy atom.